The molecule has 4 aliphatic rings. The topological polar surface area (TPSA) is 115 Å². The van der Waals surface area contributed by atoms with Gasteiger partial charge in [-0.25, -0.2) is 0 Å². The second-order valence-electron chi connectivity index (χ2n) is 17.0. The van der Waals surface area contributed by atoms with Crippen molar-refractivity contribution in [3.8, 4) is 0 Å². The first-order valence-corrected chi connectivity index (χ1v) is 20.9. The van der Waals surface area contributed by atoms with Crippen molar-refractivity contribution < 1.29 is 18.9 Å². The van der Waals surface area contributed by atoms with Gasteiger partial charge in [0.15, 0.2) is 0 Å². The van der Waals surface area contributed by atoms with Crippen LogP contribution in [0.5, 0.6) is 0 Å². The molecule has 0 aliphatic heterocycles. The summed E-state index contributed by atoms with van der Waals surface area (Å²) in [7, 11) is 0. The van der Waals surface area contributed by atoms with E-state index in [1.165, 1.54) is 77.0 Å². The molecule has 0 heterocycles. The van der Waals surface area contributed by atoms with Gasteiger partial charge in [0.1, 0.15) is 0 Å². The van der Waals surface area contributed by atoms with Crippen molar-refractivity contribution in [2.75, 3.05) is 52.7 Å². The minimum atomic E-state index is 0.162. The van der Waals surface area contributed by atoms with Crippen LogP contribution in [0.4, 0.5) is 0 Å². The molecule has 0 amide bonds. The first-order valence-electron chi connectivity index (χ1n) is 20.9. The third-order valence-electron chi connectivity index (χ3n) is 14.1. The van der Waals surface area contributed by atoms with E-state index in [4.69, 9.17) is 36.1 Å². The van der Waals surface area contributed by atoms with E-state index in [1.807, 2.05) is 0 Å². The highest BCUT2D eigenvalue weighted by Crippen LogP contribution is 2.69. The molecule has 0 aromatic rings. The summed E-state index contributed by atoms with van der Waals surface area (Å²) in [5.41, 5.74) is 18.2. The van der Waals surface area contributed by atoms with E-state index in [1.54, 1.807) is 0 Å². The molecule has 4 fully saturated rings. The Labute approximate surface area is 296 Å². The summed E-state index contributed by atoms with van der Waals surface area (Å²) in [4.78, 5) is 0. The minimum absolute atomic E-state index is 0.162. The van der Waals surface area contributed by atoms with Gasteiger partial charge >= 0.3 is 0 Å². The zero-order valence-electron chi connectivity index (χ0n) is 31.9. The van der Waals surface area contributed by atoms with Crippen molar-refractivity contribution in [2.24, 2.45) is 63.5 Å². The fourth-order valence-electron chi connectivity index (χ4n) is 11.4. The van der Waals surface area contributed by atoms with Gasteiger partial charge in [-0.3, -0.25) is 0 Å². The maximum Gasteiger partial charge on any atom is 0.0637 e. The Hall–Kier alpha value is -0.280. The van der Waals surface area contributed by atoms with Crippen LogP contribution in [0.3, 0.4) is 0 Å². The minimum Gasteiger partial charge on any atom is -0.381 e. The summed E-state index contributed by atoms with van der Waals surface area (Å²) in [6, 6.07) is 0. The Balaban J connectivity index is 1.46. The third kappa shape index (κ3) is 9.98. The Kier molecular flexibility index (Phi) is 17.4. The van der Waals surface area contributed by atoms with Crippen molar-refractivity contribution in [3.63, 3.8) is 0 Å². The zero-order chi connectivity index (χ0) is 34.4. The quantitative estimate of drug-likeness (QED) is 0.0891. The second kappa shape index (κ2) is 20.7. The lowest BCUT2D eigenvalue weighted by atomic mass is 9.43. The molecule has 0 bridgehead atoms. The molecule has 0 saturated heterocycles. The molecule has 6 N–H and O–H groups in total. The summed E-state index contributed by atoms with van der Waals surface area (Å²) >= 11 is 0. The van der Waals surface area contributed by atoms with Crippen LogP contribution < -0.4 is 17.2 Å². The van der Waals surface area contributed by atoms with Gasteiger partial charge in [0, 0.05) is 38.4 Å². The van der Waals surface area contributed by atoms with Gasteiger partial charge in [-0.1, -0.05) is 59.8 Å². The predicted molar refractivity (Wildman–Crippen MR) is 199 cm³/mol. The lowest BCUT2D eigenvalue weighted by molar-refractivity contribution is -0.227. The van der Waals surface area contributed by atoms with E-state index in [0.29, 0.717) is 72.8 Å². The summed E-state index contributed by atoms with van der Waals surface area (Å²) in [6.07, 6.45) is 22.6. The molecule has 4 saturated carbocycles. The van der Waals surface area contributed by atoms with Gasteiger partial charge in [-0.2, -0.15) is 0 Å². The maximum absolute atomic E-state index is 7.02. The molecule has 0 spiro atoms. The van der Waals surface area contributed by atoms with E-state index >= 15 is 0 Å². The smallest absolute Gasteiger partial charge is 0.0637 e. The number of unbranched alkanes of at least 4 members (excludes halogenated alkanes) is 5. The molecule has 4 aliphatic carbocycles. The average Bonchev–Trinajstić information content (AvgIpc) is 3.44. The van der Waals surface area contributed by atoms with Gasteiger partial charge in [-0.15, -0.1) is 0 Å². The lowest BCUT2D eigenvalue weighted by Crippen LogP contribution is -2.63. The van der Waals surface area contributed by atoms with Crippen LogP contribution in [-0.4, -0.2) is 71.0 Å². The number of fused-ring (bicyclic) bond motifs is 5. The number of ether oxygens (including phenoxy) is 4. The molecule has 48 heavy (non-hydrogen) atoms. The number of hydrogen-bond acceptors (Lipinski definition) is 7. The van der Waals surface area contributed by atoms with Crippen LogP contribution in [0, 0.1) is 46.3 Å². The Morgan fingerprint density at radius 1 is 0.667 bits per heavy atom. The van der Waals surface area contributed by atoms with Crippen LogP contribution in [-0.2, 0) is 18.9 Å². The van der Waals surface area contributed by atoms with Gasteiger partial charge in [0.05, 0.1) is 18.3 Å². The number of hydrogen-bond donors (Lipinski definition) is 3. The molecule has 7 heteroatoms. The second-order valence-corrected chi connectivity index (χ2v) is 17.0. The Morgan fingerprint density at radius 2 is 1.33 bits per heavy atom. The van der Waals surface area contributed by atoms with Crippen LogP contribution in [0.25, 0.3) is 0 Å². The average molecular weight is 678 g/mol. The highest BCUT2D eigenvalue weighted by atomic mass is 16.5. The molecular formula is C41H79N3O4. The van der Waals surface area contributed by atoms with Gasteiger partial charge in [-0.05, 0) is 144 Å². The molecule has 282 valence electrons. The number of nitrogens with two attached hydrogens (primary N) is 3. The predicted octanol–water partition coefficient (Wildman–Crippen LogP) is 7.86. The largest absolute Gasteiger partial charge is 0.381 e. The fourth-order valence-corrected chi connectivity index (χ4v) is 11.4. The van der Waals surface area contributed by atoms with Crippen molar-refractivity contribution in [2.45, 2.75) is 162 Å². The molecular weight excluding hydrogens is 598 g/mol. The summed E-state index contributed by atoms with van der Waals surface area (Å²) in [6.45, 7) is 16.4. The first-order chi connectivity index (χ1) is 23.3. The molecule has 0 radical (unpaired) electrons. The zero-order valence-corrected chi connectivity index (χ0v) is 31.9. The Bertz CT molecular complexity index is 879. The van der Waals surface area contributed by atoms with E-state index in [2.05, 4.69) is 27.7 Å². The molecule has 6 unspecified atom stereocenters. The normalized spacial score (nSPS) is 36.8. The molecule has 7 nitrogen and oxygen atoms in total. The summed E-state index contributed by atoms with van der Waals surface area (Å²) < 4.78 is 26.5. The number of rotatable bonds is 24. The summed E-state index contributed by atoms with van der Waals surface area (Å²) in [5.74, 6) is 3.81. The molecule has 11 atom stereocenters. The van der Waals surface area contributed by atoms with Crippen molar-refractivity contribution in [3.05, 3.63) is 0 Å². The van der Waals surface area contributed by atoms with E-state index < -0.39 is 0 Å². The standard InChI is InChI=1S/C41H79N3O4/c1-5-6-7-8-9-10-23-45-24-11-15-31(2)34-16-17-35-39-36(30-38(41(34,35)4)48-27-14-22-44)40(3)19-18-33(46-25-12-20-42)28-32(40)29-37(39)47-26-13-21-43/h31-39H,5-30,42-44H2,1-4H3/t31?,32?,33-,34?,35+,36+,37-,38+,39?,40?,41?/m1/s1. The Morgan fingerprint density at radius 3 is 2.06 bits per heavy atom. The van der Waals surface area contributed by atoms with Crippen LogP contribution in [0.1, 0.15) is 143 Å². The van der Waals surface area contributed by atoms with Crippen molar-refractivity contribution >= 4 is 0 Å². The van der Waals surface area contributed by atoms with Crippen LogP contribution >= 0.6 is 0 Å². The van der Waals surface area contributed by atoms with Crippen molar-refractivity contribution in [1.82, 2.24) is 0 Å². The van der Waals surface area contributed by atoms with E-state index in [9.17, 15) is 0 Å². The summed E-state index contributed by atoms with van der Waals surface area (Å²) in [5, 5.41) is 0. The van der Waals surface area contributed by atoms with Crippen molar-refractivity contribution in [1.29, 1.82) is 0 Å². The maximum atomic E-state index is 7.02. The SMILES string of the molecule is CCCCCCCCOCCCC(C)C1CC[C@H]2C3[C@H](OCCCN)CC4C[C@H](OCCCN)CCC4(C)[C@H]3C[C@H](OCCCN)C12C. The third-order valence-corrected chi connectivity index (χ3v) is 14.1. The van der Waals surface area contributed by atoms with Gasteiger partial charge in [0.2, 0.25) is 0 Å². The monoisotopic (exact) mass is 678 g/mol. The fraction of sp³-hybridized carbons (Fsp3) is 1.00. The van der Waals surface area contributed by atoms with Crippen LogP contribution in [0.15, 0.2) is 0 Å². The lowest BCUT2D eigenvalue weighted by Gasteiger charge is -2.65. The molecule has 0 aromatic carbocycles. The molecule has 0 aromatic heterocycles. The van der Waals surface area contributed by atoms with Gasteiger partial charge < -0.3 is 36.1 Å². The first kappa shape index (κ1) is 40.5. The van der Waals surface area contributed by atoms with E-state index in [0.717, 1.165) is 71.6 Å². The van der Waals surface area contributed by atoms with Crippen LogP contribution in [0.2, 0.25) is 0 Å². The molecule has 4 rings (SSSR count). The van der Waals surface area contributed by atoms with E-state index in [-0.39, 0.29) is 11.5 Å². The highest BCUT2D eigenvalue weighted by molar-refractivity contribution is 5.15. The van der Waals surface area contributed by atoms with Gasteiger partial charge in [0.25, 0.3) is 0 Å². The highest BCUT2D eigenvalue weighted by Gasteiger charge is 2.66.